The van der Waals surface area contributed by atoms with Crippen LogP contribution in [-0.4, -0.2) is 34.9 Å². The molecule has 188 valence electrons. The highest BCUT2D eigenvalue weighted by Gasteiger charge is 2.46. The number of likely N-dealkylation sites (tertiary alicyclic amines) is 1. The van der Waals surface area contributed by atoms with E-state index in [0.717, 1.165) is 18.4 Å². The van der Waals surface area contributed by atoms with E-state index in [1.807, 2.05) is 26.0 Å². The zero-order valence-electron chi connectivity index (χ0n) is 20.8. The van der Waals surface area contributed by atoms with Crippen molar-refractivity contribution < 1.29 is 28.6 Å². The maximum Gasteiger partial charge on any atom is 0.296 e. The number of furan rings is 1. The lowest BCUT2D eigenvalue weighted by Crippen LogP contribution is -2.29. The SMILES string of the molecule is CCCCOc1ccc(C2C(=C(O)c3ccc(C)cc3)C(=O)C(=O)N2Cc2ccco2)cc1OCC. The fourth-order valence-corrected chi connectivity index (χ4v) is 4.24. The molecule has 1 saturated heterocycles. The average molecular weight is 490 g/mol. The number of ether oxygens (including phenoxy) is 2. The second-order valence-electron chi connectivity index (χ2n) is 8.71. The topological polar surface area (TPSA) is 89.2 Å². The number of Topliss-reactive ketones (excluding diaryl/α,β-unsaturated/α-hetero) is 1. The number of ketones is 1. The van der Waals surface area contributed by atoms with Gasteiger partial charge < -0.3 is 23.9 Å². The summed E-state index contributed by atoms with van der Waals surface area (Å²) < 4.78 is 17.2. The monoisotopic (exact) mass is 489 g/mol. The van der Waals surface area contributed by atoms with Crippen LogP contribution in [0.25, 0.3) is 5.76 Å². The van der Waals surface area contributed by atoms with Crippen LogP contribution in [0.2, 0.25) is 0 Å². The van der Waals surface area contributed by atoms with Gasteiger partial charge in [0, 0.05) is 5.56 Å². The lowest BCUT2D eigenvalue weighted by atomic mass is 9.94. The van der Waals surface area contributed by atoms with Gasteiger partial charge in [0.1, 0.15) is 11.5 Å². The Labute approximate surface area is 210 Å². The maximum absolute atomic E-state index is 13.3. The van der Waals surface area contributed by atoms with E-state index in [2.05, 4.69) is 6.92 Å². The summed E-state index contributed by atoms with van der Waals surface area (Å²) in [7, 11) is 0. The number of aliphatic hydroxyl groups is 1. The Morgan fingerprint density at radius 2 is 1.81 bits per heavy atom. The number of carbonyl (C=O) groups is 2. The third-order valence-electron chi connectivity index (χ3n) is 6.11. The van der Waals surface area contributed by atoms with E-state index in [4.69, 9.17) is 13.9 Å². The zero-order chi connectivity index (χ0) is 25.7. The first-order valence-corrected chi connectivity index (χ1v) is 12.2. The molecule has 1 aliphatic rings. The first kappa shape index (κ1) is 25.1. The Morgan fingerprint density at radius 3 is 2.47 bits per heavy atom. The van der Waals surface area contributed by atoms with Crippen molar-refractivity contribution in [1.82, 2.24) is 4.90 Å². The van der Waals surface area contributed by atoms with Crippen molar-refractivity contribution in [2.24, 2.45) is 0 Å². The largest absolute Gasteiger partial charge is 0.507 e. The van der Waals surface area contributed by atoms with Crippen molar-refractivity contribution in [3.63, 3.8) is 0 Å². The van der Waals surface area contributed by atoms with Gasteiger partial charge in [-0.25, -0.2) is 0 Å². The van der Waals surface area contributed by atoms with E-state index in [-0.39, 0.29) is 17.9 Å². The van der Waals surface area contributed by atoms with Crippen LogP contribution in [0, 0.1) is 6.92 Å². The van der Waals surface area contributed by atoms with E-state index in [1.165, 1.54) is 11.2 Å². The predicted octanol–water partition coefficient (Wildman–Crippen LogP) is 5.79. The summed E-state index contributed by atoms with van der Waals surface area (Å²) >= 11 is 0. The van der Waals surface area contributed by atoms with Gasteiger partial charge in [-0.2, -0.15) is 0 Å². The van der Waals surface area contributed by atoms with Crippen LogP contribution in [0.4, 0.5) is 0 Å². The Bertz CT molecular complexity index is 1240. The molecular formula is C29H31NO6. The molecule has 0 bridgehead atoms. The van der Waals surface area contributed by atoms with Gasteiger partial charge in [-0.3, -0.25) is 9.59 Å². The number of unbranched alkanes of at least 4 members (excludes halogenated alkanes) is 1. The Hall–Kier alpha value is -4.00. The first-order valence-electron chi connectivity index (χ1n) is 12.2. The first-order chi connectivity index (χ1) is 17.4. The molecule has 0 radical (unpaired) electrons. The summed E-state index contributed by atoms with van der Waals surface area (Å²) in [5, 5.41) is 11.2. The molecule has 3 aromatic rings. The van der Waals surface area contributed by atoms with Crippen molar-refractivity contribution in [2.75, 3.05) is 13.2 Å². The molecule has 1 aromatic heterocycles. The Morgan fingerprint density at radius 1 is 1.03 bits per heavy atom. The quantitative estimate of drug-likeness (QED) is 0.168. The summed E-state index contributed by atoms with van der Waals surface area (Å²) in [4.78, 5) is 27.9. The molecule has 0 saturated carbocycles. The molecule has 1 N–H and O–H groups in total. The molecule has 1 amide bonds. The second kappa shape index (κ2) is 11.2. The van der Waals surface area contributed by atoms with Crippen LogP contribution in [0.3, 0.4) is 0 Å². The Balaban J connectivity index is 1.83. The highest BCUT2D eigenvalue weighted by atomic mass is 16.5. The molecule has 0 aliphatic carbocycles. The molecule has 7 nitrogen and oxygen atoms in total. The number of nitrogens with zero attached hydrogens (tertiary/aromatic N) is 1. The minimum atomic E-state index is -0.833. The van der Waals surface area contributed by atoms with Crippen molar-refractivity contribution in [2.45, 2.75) is 46.2 Å². The van der Waals surface area contributed by atoms with Gasteiger partial charge in [-0.15, -0.1) is 0 Å². The molecule has 2 aromatic carbocycles. The lowest BCUT2D eigenvalue weighted by Gasteiger charge is -2.25. The van der Waals surface area contributed by atoms with Gasteiger partial charge in [0.15, 0.2) is 11.5 Å². The van der Waals surface area contributed by atoms with Crippen molar-refractivity contribution in [1.29, 1.82) is 0 Å². The third kappa shape index (κ3) is 5.15. The number of hydrogen-bond donors (Lipinski definition) is 1. The number of benzene rings is 2. The number of amides is 1. The van der Waals surface area contributed by atoms with E-state index in [0.29, 0.717) is 41.6 Å². The average Bonchev–Trinajstić information content (AvgIpc) is 3.48. The zero-order valence-corrected chi connectivity index (χ0v) is 20.8. The Kier molecular flexibility index (Phi) is 7.78. The number of aliphatic hydroxyl groups excluding tert-OH is 1. The summed E-state index contributed by atoms with van der Waals surface area (Å²) in [6.07, 6.45) is 3.43. The van der Waals surface area contributed by atoms with Crippen molar-refractivity contribution in [3.8, 4) is 11.5 Å². The van der Waals surface area contributed by atoms with Crippen LogP contribution in [0.1, 0.15) is 55.2 Å². The fraction of sp³-hybridized carbons (Fsp3) is 0.310. The number of carbonyl (C=O) groups excluding carboxylic acids is 2. The highest BCUT2D eigenvalue weighted by Crippen LogP contribution is 2.42. The molecule has 1 aliphatic heterocycles. The van der Waals surface area contributed by atoms with Gasteiger partial charge in [0.05, 0.1) is 37.6 Å². The van der Waals surface area contributed by atoms with E-state index in [9.17, 15) is 14.7 Å². The lowest BCUT2D eigenvalue weighted by molar-refractivity contribution is -0.140. The van der Waals surface area contributed by atoms with Crippen molar-refractivity contribution >= 4 is 17.4 Å². The molecule has 1 fully saturated rings. The molecule has 0 spiro atoms. The van der Waals surface area contributed by atoms with Crippen LogP contribution >= 0.6 is 0 Å². The minimum Gasteiger partial charge on any atom is -0.507 e. The molecule has 1 unspecified atom stereocenters. The second-order valence-corrected chi connectivity index (χ2v) is 8.71. The highest BCUT2D eigenvalue weighted by molar-refractivity contribution is 6.46. The van der Waals surface area contributed by atoms with Gasteiger partial charge in [0.25, 0.3) is 11.7 Å². The summed E-state index contributed by atoms with van der Waals surface area (Å²) in [5.74, 6) is -0.0268. The summed E-state index contributed by atoms with van der Waals surface area (Å²) in [6.45, 7) is 6.95. The van der Waals surface area contributed by atoms with E-state index in [1.54, 1.807) is 42.5 Å². The number of aryl methyl sites for hydroxylation is 1. The molecular weight excluding hydrogens is 458 g/mol. The van der Waals surface area contributed by atoms with E-state index < -0.39 is 17.7 Å². The minimum absolute atomic E-state index is 0.0255. The van der Waals surface area contributed by atoms with Gasteiger partial charge in [-0.05, 0) is 50.1 Å². The normalized spacial score (nSPS) is 17.0. The third-order valence-corrected chi connectivity index (χ3v) is 6.11. The smallest absolute Gasteiger partial charge is 0.296 e. The van der Waals surface area contributed by atoms with Crippen LogP contribution in [-0.2, 0) is 16.1 Å². The van der Waals surface area contributed by atoms with Crippen LogP contribution < -0.4 is 9.47 Å². The van der Waals surface area contributed by atoms with Gasteiger partial charge >= 0.3 is 0 Å². The van der Waals surface area contributed by atoms with Crippen LogP contribution in [0.15, 0.2) is 70.9 Å². The fourth-order valence-electron chi connectivity index (χ4n) is 4.24. The van der Waals surface area contributed by atoms with Crippen molar-refractivity contribution in [3.05, 3.63) is 88.9 Å². The number of hydrogen-bond acceptors (Lipinski definition) is 6. The standard InChI is InChI=1S/C29H31NO6/c1-4-6-15-36-23-14-13-21(17-24(23)34-5-2)26-25(27(31)20-11-9-19(3)10-12-20)28(32)29(33)30(26)18-22-8-7-16-35-22/h7-14,16-17,26,31H,4-6,15,18H2,1-3H3. The molecule has 2 heterocycles. The van der Waals surface area contributed by atoms with Gasteiger partial charge in [-0.1, -0.05) is 49.2 Å². The number of rotatable bonds is 10. The summed E-state index contributed by atoms with van der Waals surface area (Å²) in [6, 6.07) is 15.2. The molecule has 7 heteroatoms. The summed E-state index contributed by atoms with van der Waals surface area (Å²) in [5.41, 5.74) is 2.13. The van der Waals surface area contributed by atoms with Crippen LogP contribution in [0.5, 0.6) is 11.5 Å². The molecule has 36 heavy (non-hydrogen) atoms. The predicted molar refractivity (Wildman–Crippen MR) is 136 cm³/mol. The van der Waals surface area contributed by atoms with E-state index >= 15 is 0 Å². The molecule has 1 atom stereocenters. The molecule has 4 rings (SSSR count). The van der Waals surface area contributed by atoms with Gasteiger partial charge in [0.2, 0.25) is 0 Å². The maximum atomic E-state index is 13.3.